The molecule has 2 atom stereocenters. The van der Waals surface area contributed by atoms with Gasteiger partial charge in [-0.1, -0.05) is 31.5 Å². The molecule has 0 bridgehead atoms. The van der Waals surface area contributed by atoms with Crippen molar-refractivity contribution < 1.29 is 9.66 Å². The Hall–Kier alpha value is -1.17. The number of nitrogens with one attached hydrogen (secondary N) is 1. The molecule has 2 unspecified atom stereocenters. The summed E-state index contributed by atoms with van der Waals surface area (Å²) in [6.07, 6.45) is 1.13. The average Bonchev–Trinajstić information content (AvgIpc) is 2.38. The summed E-state index contributed by atoms with van der Waals surface area (Å²) in [6.45, 7) is 4.65. The van der Waals surface area contributed by atoms with E-state index in [1.165, 1.54) is 6.07 Å². The molecule has 1 aliphatic carbocycles. The van der Waals surface area contributed by atoms with Crippen molar-refractivity contribution in [2.75, 3.05) is 7.11 Å². The Labute approximate surface area is 123 Å². The maximum atomic E-state index is 11.0. The second-order valence-corrected chi connectivity index (χ2v) is 6.12. The molecule has 0 heterocycles. The topological polar surface area (TPSA) is 64.4 Å². The Morgan fingerprint density at radius 1 is 1.55 bits per heavy atom. The van der Waals surface area contributed by atoms with E-state index in [4.69, 9.17) is 16.3 Å². The normalized spacial score (nSPS) is 24.2. The number of nitrogens with zero attached hydrogens (tertiary/aromatic N) is 1. The van der Waals surface area contributed by atoms with Gasteiger partial charge in [0.15, 0.2) is 0 Å². The summed E-state index contributed by atoms with van der Waals surface area (Å²) in [5, 5.41) is 14.8. The number of benzene rings is 1. The first kappa shape index (κ1) is 15.2. The number of nitro groups is 1. The number of hydrogen-bond acceptors (Lipinski definition) is 4. The first-order valence-corrected chi connectivity index (χ1v) is 6.93. The quantitative estimate of drug-likeness (QED) is 0.670. The molecule has 1 aliphatic rings. The Morgan fingerprint density at radius 2 is 2.25 bits per heavy atom. The predicted molar refractivity (Wildman–Crippen MR) is 77.9 cm³/mol. The van der Waals surface area contributed by atoms with Crippen LogP contribution < -0.4 is 5.32 Å². The summed E-state index contributed by atoms with van der Waals surface area (Å²) in [6, 6.07) is 5.02. The van der Waals surface area contributed by atoms with Gasteiger partial charge in [0.05, 0.1) is 21.6 Å². The number of methoxy groups -OCH3 is 1. The number of nitro benzene ring substituents is 1. The van der Waals surface area contributed by atoms with Gasteiger partial charge >= 0.3 is 0 Å². The van der Waals surface area contributed by atoms with E-state index in [-0.39, 0.29) is 23.2 Å². The third-order valence-electron chi connectivity index (χ3n) is 4.28. The number of ether oxygens (including phenoxy) is 1. The van der Waals surface area contributed by atoms with Gasteiger partial charge in [0.25, 0.3) is 5.69 Å². The highest BCUT2D eigenvalue weighted by Crippen LogP contribution is 2.42. The summed E-state index contributed by atoms with van der Waals surface area (Å²) in [5.74, 6) is 0. The van der Waals surface area contributed by atoms with E-state index >= 15 is 0 Å². The van der Waals surface area contributed by atoms with Crippen molar-refractivity contribution in [3.05, 3.63) is 38.9 Å². The zero-order valence-corrected chi connectivity index (χ0v) is 12.6. The van der Waals surface area contributed by atoms with Gasteiger partial charge in [0.1, 0.15) is 0 Å². The van der Waals surface area contributed by atoms with Crippen molar-refractivity contribution in [1.29, 1.82) is 0 Å². The van der Waals surface area contributed by atoms with Crippen molar-refractivity contribution in [1.82, 2.24) is 5.32 Å². The zero-order valence-electron chi connectivity index (χ0n) is 11.9. The molecule has 1 fully saturated rings. The van der Waals surface area contributed by atoms with Crippen LogP contribution in [0.1, 0.15) is 25.8 Å². The molecular formula is C14H19ClN2O3. The fourth-order valence-corrected chi connectivity index (χ4v) is 2.99. The van der Waals surface area contributed by atoms with Gasteiger partial charge in [-0.15, -0.1) is 0 Å². The van der Waals surface area contributed by atoms with Crippen LogP contribution in [0.4, 0.5) is 5.69 Å². The highest BCUT2D eigenvalue weighted by Gasteiger charge is 2.48. The van der Waals surface area contributed by atoms with E-state index in [1.807, 2.05) is 0 Å². The second-order valence-electron chi connectivity index (χ2n) is 5.71. The highest BCUT2D eigenvalue weighted by molar-refractivity contribution is 6.31. The Kier molecular flexibility index (Phi) is 4.32. The van der Waals surface area contributed by atoms with Crippen molar-refractivity contribution in [2.45, 2.75) is 39.0 Å². The lowest BCUT2D eigenvalue weighted by molar-refractivity contribution is -0.385. The van der Waals surface area contributed by atoms with Crippen LogP contribution in [0.5, 0.6) is 0 Å². The van der Waals surface area contributed by atoms with Crippen LogP contribution in [0.3, 0.4) is 0 Å². The van der Waals surface area contributed by atoms with Crippen LogP contribution in [0.25, 0.3) is 0 Å². The van der Waals surface area contributed by atoms with Crippen LogP contribution in [-0.2, 0) is 11.3 Å². The molecule has 0 radical (unpaired) electrons. The maximum absolute atomic E-state index is 11.0. The molecule has 1 saturated carbocycles. The summed E-state index contributed by atoms with van der Waals surface area (Å²) >= 11 is 6.08. The molecule has 0 saturated heterocycles. The SMILES string of the molecule is COC1CC(NCc2c(Cl)cccc2[N+](=O)[O-])C1(C)C. The first-order valence-electron chi connectivity index (χ1n) is 6.56. The third kappa shape index (κ3) is 2.66. The van der Waals surface area contributed by atoms with Crippen LogP contribution >= 0.6 is 11.6 Å². The smallest absolute Gasteiger partial charge is 0.275 e. The van der Waals surface area contributed by atoms with Gasteiger partial charge in [-0.05, 0) is 12.5 Å². The van der Waals surface area contributed by atoms with Gasteiger partial charge < -0.3 is 10.1 Å². The molecule has 0 amide bonds. The number of halogens is 1. The average molecular weight is 299 g/mol. The third-order valence-corrected chi connectivity index (χ3v) is 4.63. The van der Waals surface area contributed by atoms with Gasteiger partial charge in [-0.25, -0.2) is 0 Å². The minimum Gasteiger partial charge on any atom is -0.381 e. The van der Waals surface area contributed by atoms with Crippen molar-refractivity contribution in [3.63, 3.8) is 0 Å². The predicted octanol–water partition coefficient (Wildman–Crippen LogP) is 3.15. The van der Waals surface area contributed by atoms with E-state index < -0.39 is 4.92 Å². The summed E-state index contributed by atoms with van der Waals surface area (Å²) in [7, 11) is 1.71. The molecule has 0 spiro atoms. The Balaban J connectivity index is 2.08. The van der Waals surface area contributed by atoms with Gasteiger partial charge in [-0.2, -0.15) is 0 Å². The molecule has 1 N–H and O–H groups in total. The fraction of sp³-hybridized carbons (Fsp3) is 0.571. The molecule has 2 rings (SSSR count). The largest absolute Gasteiger partial charge is 0.381 e. The monoisotopic (exact) mass is 298 g/mol. The number of hydrogen-bond donors (Lipinski definition) is 1. The molecule has 5 nitrogen and oxygen atoms in total. The summed E-state index contributed by atoms with van der Waals surface area (Å²) < 4.78 is 5.40. The van der Waals surface area contributed by atoms with Crippen LogP contribution in [0.2, 0.25) is 5.02 Å². The van der Waals surface area contributed by atoms with Crippen LogP contribution in [0, 0.1) is 15.5 Å². The van der Waals surface area contributed by atoms with E-state index in [0.29, 0.717) is 17.1 Å². The molecule has 1 aromatic carbocycles. The molecule has 6 heteroatoms. The zero-order chi connectivity index (χ0) is 14.9. The van der Waals surface area contributed by atoms with Crippen LogP contribution in [0.15, 0.2) is 18.2 Å². The van der Waals surface area contributed by atoms with E-state index in [0.717, 1.165) is 6.42 Å². The lowest BCUT2D eigenvalue weighted by atomic mass is 9.64. The summed E-state index contributed by atoms with van der Waals surface area (Å²) in [5.41, 5.74) is 0.617. The van der Waals surface area contributed by atoms with Crippen molar-refractivity contribution in [3.8, 4) is 0 Å². The molecule has 20 heavy (non-hydrogen) atoms. The van der Waals surface area contributed by atoms with Gasteiger partial charge in [-0.3, -0.25) is 10.1 Å². The first-order chi connectivity index (χ1) is 9.37. The molecular weight excluding hydrogens is 280 g/mol. The number of rotatable bonds is 5. The fourth-order valence-electron chi connectivity index (χ4n) is 2.75. The Bertz CT molecular complexity index is 519. The maximum Gasteiger partial charge on any atom is 0.275 e. The Morgan fingerprint density at radius 3 is 2.80 bits per heavy atom. The highest BCUT2D eigenvalue weighted by atomic mass is 35.5. The second kappa shape index (κ2) is 5.68. The van der Waals surface area contributed by atoms with Crippen molar-refractivity contribution >= 4 is 17.3 Å². The van der Waals surface area contributed by atoms with E-state index in [1.54, 1.807) is 19.2 Å². The minimum atomic E-state index is -0.396. The molecule has 0 aliphatic heterocycles. The lowest BCUT2D eigenvalue weighted by Crippen LogP contribution is -2.60. The van der Waals surface area contributed by atoms with Gasteiger partial charge in [0.2, 0.25) is 0 Å². The van der Waals surface area contributed by atoms with Crippen LogP contribution in [-0.4, -0.2) is 24.2 Å². The molecule has 0 aromatic heterocycles. The lowest BCUT2D eigenvalue weighted by Gasteiger charge is -2.51. The van der Waals surface area contributed by atoms with Gasteiger partial charge in [0, 0.05) is 31.2 Å². The standard InChI is InChI=1S/C14H19ClN2O3/c1-14(2)12(7-13(14)20-3)16-8-9-10(15)5-4-6-11(9)17(18)19/h4-6,12-13,16H,7-8H2,1-3H3. The van der Waals surface area contributed by atoms with E-state index in [2.05, 4.69) is 19.2 Å². The summed E-state index contributed by atoms with van der Waals surface area (Å²) in [4.78, 5) is 10.6. The minimum absolute atomic E-state index is 0.0186. The molecule has 110 valence electrons. The molecule has 1 aromatic rings. The van der Waals surface area contributed by atoms with E-state index in [9.17, 15) is 10.1 Å². The van der Waals surface area contributed by atoms with Crippen molar-refractivity contribution in [2.24, 2.45) is 5.41 Å².